The van der Waals surface area contributed by atoms with Gasteiger partial charge in [0.15, 0.2) is 5.82 Å². The normalized spacial score (nSPS) is 12.2. The zero-order chi connectivity index (χ0) is 15.7. The summed E-state index contributed by atoms with van der Waals surface area (Å²) in [5.41, 5.74) is 5.33. The fourth-order valence-corrected chi connectivity index (χ4v) is 1.50. The number of aromatic nitrogens is 4. The molecule has 2 aromatic rings. The summed E-state index contributed by atoms with van der Waals surface area (Å²) in [6.07, 6.45) is 4.57. The van der Waals surface area contributed by atoms with E-state index in [4.69, 9.17) is 5.73 Å². The number of anilines is 1. The van der Waals surface area contributed by atoms with Crippen LogP contribution in [-0.2, 0) is 4.79 Å². The minimum absolute atomic E-state index is 0.148. The molecule has 0 spiro atoms. The first-order valence-corrected chi connectivity index (χ1v) is 6.63. The van der Waals surface area contributed by atoms with Gasteiger partial charge >= 0.3 is 0 Å². The Morgan fingerprint density at radius 1 is 1.29 bits per heavy atom. The Labute approximate surface area is 123 Å². The van der Waals surface area contributed by atoms with Crippen LogP contribution in [0, 0.1) is 5.41 Å². The lowest BCUT2D eigenvalue weighted by atomic mass is 9.74. The third kappa shape index (κ3) is 3.08. The second-order valence-electron chi connectivity index (χ2n) is 6.05. The Bertz CT molecular complexity index is 610. The van der Waals surface area contributed by atoms with Crippen molar-refractivity contribution in [3.63, 3.8) is 0 Å². The number of nitrogens with zero attached hydrogens (tertiary/aromatic N) is 4. The standard InChI is InChI=1S/C14H20N6O/c1-13(2,14(3,4)15)12(21)19-10-5-6-11(17-7-10)20-9-16-8-18-20/h5-9H,15H2,1-4H3,(H,19,21). The van der Waals surface area contributed by atoms with Crippen LogP contribution in [0.15, 0.2) is 31.0 Å². The van der Waals surface area contributed by atoms with Gasteiger partial charge < -0.3 is 11.1 Å². The van der Waals surface area contributed by atoms with Gasteiger partial charge in [0, 0.05) is 5.54 Å². The summed E-state index contributed by atoms with van der Waals surface area (Å²) in [7, 11) is 0. The van der Waals surface area contributed by atoms with E-state index in [0.29, 0.717) is 11.5 Å². The van der Waals surface area contributed by atoms with E-state index in [1.807, 2.05) is 27.7 Å². The van der Waals surface area contributed by atoms with Crippen molar-refractivity contribution in [2.24, 2.45) is 11.1 Å². The van der Waals surface area contributed by atoms with Crippen LogP contribution in [0.4, 0.5) is 5.69 Å². The summed E-state index contributed by atoms with van der Waals surface area (Å²) >= 11 is 0. The Morgan fingerprint density at radius 3 is 2.48 bits per heavy atom. The van der Waals surface area contributed by atoms with E-state index in [-0.39, 0.29) is 5.91 Å². The Morgan fingerprint density at radius 2 is 2.00 bits per heavy atom. The van der Waals surface area contributed by atoms with Crippen molar-refractivity contribution >= 4 is 11.6 Å². The topological polar surface area (TPSA) is 98.7 Å². The highest BCUT2D eigenvalue weighted by Crippen LogP contribution is 2.29. The van der Waals surface area contributed by atoms with E-state index < -0.39 is 11.0 Å². The molecule has 0 unspecified atom stereocenters. The molecule has 1 amide bonds. The first-order chi connectivity index (χ1) is 9.72. The van der Waals surface area contributed by atoms with Gasteiger partial charge in [0.2, 0.25) is 5.91 Å². The summed E-state index contributed by atoms with van der Waals surface area (Å²) < 4.78 is 1.54. The zero-order valence-electron chi connectivity index (χ0n) is 12.7. The number of amides is 1. The highest BCUT2D eigenvalue weighted by Gasteiger charge is 2.40. The molecule has 0 aliphatic carbocycles. The summed E-state index contributed by atoms with van der Waals surface area (Å²) in [6, 6.07) is 3.52. The number of pyridine rings is 1. The lowest BCUT2D eigenvalue weighted by molar-refractivity contribution is -0.126. The van der Waals surface area contributed by atoms with Crippen LogP contribution in [0.25, 0.3) is 5.82 Å². The molecule has 7 nitrogen and oxygen atoms in total. The molecule has 2 rings (SSSR count). The quantitative estimate of drug-likeness (QED) is 0.885. The van der Waals surface area contributed by atoms with Gasteiger partial charge in [-0.3, -0.25) is 4.79 Å². The maximum Gasteiger partial charge on any atom is 0.231 e. The lowest BCUT2D eigenvalue weighted by Gasteiger charge is -2.36. The van der Waals surface area contributed by atoms with Gasteiger partial charge in [0.25, 0.3) is 0 Å². The number of carbonyl (C=O) groups excluding carboxylic acids is 1. The Hall–Kier alpha value is -2.28. The highest BCUT2D eigenvalue weighted by atomic mass is 16.2. The molecular formula is C14H20N6O. The van der Waals surface area contributed by atoms with Gasteiger partial charge in [-0.1, -0.05) is 0 Å². The summed E-state index contributed by atoms with van der Waals surface area (Å²) in [5, 5.41) is 6.82. The molecule has 0 radical (unpaired) electrons. The first-order valence-electron chi connectivity index (χ1n) is 6.63. The van der Waals surface area contributed by atoms with Gasteiger partial charge in [-0.05, 0) is 39.8 Å². The number of nitrogens with one attached hydrogen (secondary N) is 1. The van der Waals surface area contributed by atoms with Crippen molar-refractivity contribution in [1.29, 1.82) is 0 Å². The van der Waals surface area contributed by atoms with Crippen molar-refractivity contribution in [2.75, 3.05) is 5.32 Å². The molecule has 0 aromatic carbocycles. The fraction of sp³-hybridized carbons (Fsp3) is 0.429. The van der Waals surface area contributed by atoms with E-state index in [1.165, 1.54) is 6.33 Å². The van der Waals surface area contributed by atoms with Crippen LogP contribution in [-0.4, -0.2) is 31.2 Å². The number of carbonyl (C=O) groups is 1. The smallest absolute Gasteiger partial charge is 0.231 e. The van der Waals surface area contributed by atoms with Gasteiger partial charge in [-0.15, -0.1) is 0 Å². The summed E-state index contributed by atoms with van der Waals surface area (Å²) in [4.78, 5) is 20.4. The number of rotatable bonds is 4. The second-order valence-corrected chi connectivity index (χ2v) is 6.05. The van der Waals surface area contributed by atoms with Gasteiger partial charge in [0.05, 0.1) is 17.3 Å². The van der Waals surface area contributed by atoms with Crippen molar-refractivity contribution in [3.05, 3.63) is 31.0 Å². The van der Waals surface area contributed by atoms with Crippen LogP contribution in [0.3, 0.4) is 0 Å². The molecule has 0 bridgehead atoms. The first kappa shape index (κ1) is 15.1. The molecule has 21 heavy (non-hydrogen) atoms. The Kier molecular flexibility index (Phi) is 3.78. The van der Waals surface area contributed by atoms with E-state index in [9.17, 15) is 4.79 Å². The van der Waals surface area contributed by atoms with Gasteiger partial charge in [-0.2, -0.15) is 5.10 Å². The van der Waals surface area contributed by atoms with Crippen molar-refractivity contribution < 1.29 is 4.79 Å². The minimum atomic E-state index is -0.711. The van der Waals surface area contributed by atoms with Crippen LogP contribution in [0.2, 0.25) is 0 Å². The third-order valence-corrected chi connectivity index (χ3v) is 3.84. The lowest BCUT2D eigenvalue weighted by Crippen LogP contribution is -2.53. The summed E-state index contributed by atoms with van der Waals surface area (Å²) in [5.74, 6) is 0.481. The second kappa shape index (κ2) is 5.25. The molecule has 2 heterocycles. The maximum absolute atomic E-state index is 12.3. The number of hydrogen-bond acceptors (Lipinski definition) is 5. The zero-order valence-corrected chi connectivity index (χ0v) is 12.7. The van der Waals surface area contributed by atoms with Gasteiger partial charge in [0.1, 0.15) is 12.7 Å². The van der Waals surface area contributed by atoms with E-state index >= 15 is 0 Å². The largest absolute Gasteiger partial charge is 0.325 e. The molecule has 7 heteroatoms. The average Bonchev–Trinajstić information content (AvgIpc) is 2.92. The molecule has 112 valence electrons. The molecule has 0 aliphatic heterocycles. The third-order valence-electron chi connectivity index (χ3n) is 3.84. The van der Waals surface area contributed by atoms with Crippen molar-refractivity contribution in [1.82, 2.24) is 19.7 Å². The maximum atomic E-state index is 12.3. The van der Waals surface area contributed by atoms with E-state index in [1.54, 1.807) is 29.3 Å². The fourth-order valence-electron chi connectivity index (χ4n) is 1.50. The minimum Gasteiger partial charge on any atom is -0.325 e. The molecule has 0 saturated carbocycles. The Balaban J connectivity index is 2.12. The van der Waals surface area contributed by atoms with Crippen LogP contribution in [0.1, 0.15) is 27.7 Å². The molecule has 0 atom stereocenters. The van der Waals surface area contributed by atoms with Crippen molar-refractivity contribution in [2.45, 2.75) is 33.2 Å². The van der Waals surface area contributed by atoms with Gasteiger partial charge in [-0.25, -0.2) is 14.6 Å². The molecule has 0 saturated heterocycles. The van der Waals surface area contributed by atoms with Crippen LogP contribution in [0.5, 0.6) is 0 Å². The number of nitrogens with two attached hydrogens (primary N) is 1. The monoisotopic (exact) mass is 288 g/mol. The van der Waals surface area contributed by atoms with Crippen molar-refractivity contribution in [3.8, 4) is 5.82 Å². The highest BCUT2D eigenvalue weighted by molar-refractivity contribution is 5.95. The van der Waals surface area contributed by atoms with Crippen LogP contribution >= 0.6 is 0 Å². The molecule has 3 N–H and O–H groups in total. The predicted molar refractivity (Wildman–Crippen MR) is 79.8 cm³/mol. The van der Waals surface area contributed by atoms with E-state index in [2.05, 4.69) is 20.4 Å². The summed E-state index contributed by atoms with van der Waals surface area (Å²) in [6.45, 7) is 7.30. The SMILES string of the molecule is CC(C)(N)C(C)(C)C(=O)Nc1ccc(-n2cncn2)nc1. The average molecular weight is 288 g/mol. The molecular weight excluding hydrogens is 268 g/mol. The molecule has 2 aromatic heterocycles. The van der Waals surface area contributed by atoms with Crippen LogP contribution < -0.4 is 11.1 Å². The van der Waals surface area contributed by atoms with E-state index in [0.717, 1.165) is 0 Å². The predicted octanol–water partition coefficient (Wildman–Crippen LogP) is 1.36. The molecule has 0 aliphatic rings. The molecule has 0 fully saturated rings. The number of hydrogen-bond donors (Lipinski definition) is 2.